The van der Waals surface area contributed by atoms with Crippen molar-refractivity contribution in [3.8, 4) is 0 Å². The van der Waals surface area contributed by atoms with Gasteiger partial charge in [-0.05, 0) is 25.0 Å². The van der Waals surface area contributed by atoms with Crippen molar-refractivity contribution in [1.29, 1.82) is 0 Å². The summed E-state index contributed by atoms with van der Waals surface area (Å²) in [5, 5.41) is 11.0. The van der Waals surface area contributed by atoms with Crippen molar-refractivity contribution < 1.29 is 4.92 Å². The van der Waals surface area contributed by atoms with E-state index in [9.17, 15) is 10.1 Å². The first-order valence-corrected chi connectivity index (χ1v) is 6.31. The topological polar surface area (TPSA) is 72.4 Å². The monoisotopic (exact) mass is 299 g/mol. The van der Waals surface area contributed by atoms with Crippen LogP contribution in [0.1, 0.15) is 12.8 Å². The maximum Gasteiger partial charge on any atom is 0.292 e. The average molecular weight is 300 g/mol. The Bertz CT molecular complexity index is 439. The lowest BCUT2D eigenvalue weighted by Gasteiger charge is -2.32. The van der Waals surface area contributed by atoms with Gasteiger partial charge in [-0.1, -0.05) is 15.9 Å². The van der Waals surface area contributed by atoms with Gasteiger partial charge in [0.1, 0.15) is 5.69 Å². The Morgan fingerprint density at radius 1 is 1.53 bits per heavy atom. The van der Waals surface area contributed by atoms with Crippen LogP contribution < -0.4 is 10.6 Å². The molecule has 2 rings (SSSR count). The minimum absolute atomic E-state index is 0.0994. The van der Waals surface area contributed by atoms with Crippen LogP contribution in [0.15, 0.2) is 22.7 Å². The number of rotatable bonds is 2. The second-order valence-electron chi connectivity index (χ2n) is 4.24. The Labute approximate surface area is 108 Å². The Morgan fingerprint density at radius 3 is 2.94 bits per heavy atom. The molecule has 0 aromatic heterocycles. The summed E-state index contributed by atoms with van der Waals surface area (Å²) in [4.78, 5) is 12.6. The summed E-state index contributed by atoms with van der Waals surface area (Å²) in [6.45, 7) is 1.50. The molecule has 0 spiro atoms. The van der Waals surface area contributed by atoms with Crippen LogP contribution in [-0.2, 0) is 0 Å². The third kappa shape index (κ3) is 2.76. The summed E-state index contributed by atoms with van der Waals surface area (Å²) in [5.41, 5.74) is 6.70. The van der Waals surface area contributed by atoms with Gasteiger partial charge in [0.15, 0.2) is 0 Å². The third-order valence-corrected chi connectivity index (χ3v) is 3.43. The van der Waals surface area contributed by atoms with Crippen LogP contribution in [-0.4, -0.2) is 24.1 Å². The highest BCUT2D eigenvalue weighted by Crippen LogP contribution is 2.32. The molecule has 0 amide bonds. The van der Waals surface area contributed by atoms with Gasteiger partial charge in [0, 0.05) is 29.7 Å². The average Bonchev–Trinajstić information content (AvgIpc) is 2.28. The van der Waals surface area contributed by atoms with E-state index in [1.165, 1.54) is 6.07 Å². The zero-order valence-electron chi connectivity index (χ0n) is 9.30. The number of halogens is 1. The van der Waals surface area contributed by atoms with E-state index < -0.39 is 0 Å². The fourth-order valence-electron chi connectivity index (χ4n) is 2.13. The van der Waals surface area contributed by atoms with E-state index in [1.807, 2.05) is 4.90 Å². The van der Waals surface area contributed by atoms with E-state index >= 15 is 0 Å². The molecule has 1 aromatic carbocycles. The Morgan fingerprint density at radius 2 is 2.29 bits per heavy atom. The molecule has 1 heterocycles. The first kappa shape index (κ1) is 12.3. The van der Waals surface area contributed by atoms with Gasteiger partial charge in [0.05, 0.1) is 4.92 Å². The van der Waals surface area contributed by atoms with Gasteiger partial charge in [-0.25, -0.2) is 0 Å². The highest BCUT2D eigenvalue weighted by Gasteiger charge is 2.23. The first-order chi connectivity index (χ1) is 8.08. The largest absolute Gasteiger partial charge is 0.364 e. The molecule has 5 nitrogen and oxygen atoms in total. The highest BCUT2D eigenvalue weighted by molar-refractivity contribution is 9.10. The molecular weight excluding hydrogens is 286 g/mol. The molecule has 1 aliphatic rings. The molecule has 0 radical (unpaired) electrons. The summed E-state index contributed by atoms with van der Waals surface area (Å²) in [5.74, 6) is 0. The lowest BCUT2D eigenvalue weighted by Crippen LogP contribution is -2.43. The molecule has 0 saturated carbocycles. The summed E-state index contributed by atoms with van der Waals surface area (Å²) in [6, 6.07) is 5.10. The second-order valence-corrected chi connectivity index (χ2v) is 5.15. The van der Waals surface area contributed by atoms with E-state index in [2.05, 4.69) is 15.9 Å². The highest BCUT2D eigenvalue weighted by atomic mass is 79.9. The number of hydrogen-bond donors (Lipinski definition) is 1. The van der Waals surface area contributed by atoms with E-state index in [4.69, 9.17) is 5.73 Å². The fourth-order valence-corrected chi connectivity index (χ4v) is 2.48. The quantitative estimate of drug-likeness (QED) is 0.672. The van der Waals surface area contributed by atoms with Gasteiger partial charge in [-0.2, -0.15) is 0 Å². The molecule has 0 bridgehead atoms. The van der Waals surface area contributed by atoms with Crippen LogP contribution in [0.3, 0.4) is 0 Å². The van der Waals surface area contributed by atoms with Gasteiger partial charge in [0.25, 0.3) is 5.69 Å². The van der Waals surface area contributed by atoms with Gasteiger partial charge in [-0.15, -0.1) is 0 Å². The van der Waals surface area contributed by atoms with Crippen molar-refractivity contribution in [3.63, 3.8) is 0 Å². The van der Waals surface area contributed by atoms with Crippen LogP contribution in [0.2, 0.25) is 0 Å². The number of piperidine rings is 1. The van der Waals surface area contributed by atoms with Crippen molar-refractivity contribution in [3.05, 3.63) is 32.8 Å². The van der Waals surface area contributed by atoms with Gasteiger partial charge in [-0.3, -0.25) is 10.1 Å². The molecule has 2 N–H and O–H groups in total. The number of benzene rings is 1. The van der Waals surface area contributed by atoms with Gasteiger partial charge >= 0.3 is 0 Å². The van der Waals surface area contributed by atoms with E-state index in [-0.39, 0.29) is 16.7 Å². The Hall–Kier alpha value is -1.14. The van der Waals surface area contributed by atoms with Crippen molar-refractivity contribution in [2.75, 3.05) is 18.0 Å². The van der Waals surface area contributed by atoms with Gasteiger partial charge in [0.2, 0.25) is 0 Å². The van der Waals surface area contributed by atoms with Crippen molar-refractivity contribution in [1.82, 2.24) is 0 Å². The van der Waals surface area contributed by atoms with E-state index in [1.54, 1.807) is 12.1 Å². The van der Waals surface area contributed by atoms with Crippen LogP contribution in [0.4, 0.5) is 11.4 Å². The second kappa shape index (κ2) is 5.01. The summed E-state index contributed by atoms with van der Waals surface area (Å²) in [7, 11) is 0. The molecule has 1 fully saturated rings. The number of nitro benzene ring substituents is 1. The summed E-state index contributed by atoms with van der Waals surface area (Å²) < 4.78 is 0.845. The van der Waals surface area contributed by atoms with Crippen molar-refractivity contribution in [2.24, 2.45) is 5.73 Å². The number of hydrogen-bond acceptors (Lipinski definition) is 4. The minimum Gasteiger partial charge on any atom is -0.364 e. The molecule has 0 aliphatic carbocycles. The fraction of sp³-hybridized carbons (Fsp3) is 0.455. The molecule has 1 atom stereocenters. The standard InChI is InChI=1S/C11H14BrN3O2/c12-8-3-4-10(15(16)17)11(6-8)14-5-1-2-9(13)7-14/h3-4,6,9H,1-2,5,7,13H2/t9-/m1/s1. The molecule has 1 saturated heterocycles. The van der Waals surface area contributed by atoms with Crippen LogP contribution in [0, 0.1) is 10.1 Å². The molecule has 6 heteroatoms. The smallest absolute Gasteiger partial charge is 0.292 e. The molecule has 1 aliphatic heterocycles. The number of nitrogens with two attached hydrogens (primary N) is 1. The summed E-state index contributed by atoms with van der Waals surface area (Å²) >= 11 is 3.35. The van der Waals surface area contributed by atoms with Crippen molar-refractivity contribution in [2.45, 2.75) is 18.9 Å². The lowest BCUT2D eigenvalue weighted by atomic mass is 10.1. The third-order valence-electron chi connectivity index (χ3n) is 2.93. The number of nitro groups is 1. The number of nitrogens with zero attached hydrogens (tertiary/aromatic N) is 2. The van der Waals surface area contributed by atoms with Crippen LogP contribution in [0.5, 0.6) is 0 Å². The Balaban J connectivity index is 2.35. The van der Waals surface area contributed by atoms with Crippen molar-refractivity contribution >= 4 is 27.3 Å². The SMILES string of the molecule is N[C@@H]1CCCN(c2cc(Br)ccc2[N+](=O)[O-])C1. The molecule has 1 aromatic rings. The summed E-state index contributed by atoms with van der Waals surface area (Å²) in [6.07, 6.45) is 1.96. The van der Waals surface area contributed by atoms with Crippen LogP contribution in [0.25, 0.3) is 0 Å². The molecule has 0 unspecified atom stereocenters. The van der Waals surface area contributed by atoms with Crippen LogP contribution >= 0.6 is 15.9 Å². The zero-order valence-corrected chi connectivity index (χ0v) is 10.9. The van der Waals surface area contributed by atoms with E-state index in [0.29, 0.717) is 12.2 Å². The Kier molecular flexibility index (Phi) is 3.63. The minimum atomic E-state index is -0.345. The predicted molar refractivity (Wildman–Crippen MR) is 70.2 cm³/mol. The zero-order chi connectivity index (χ0) is 12.4. The van der Waals surface area contributed by atoms with Gasteiger partial charge < -0.3 is 10.6 Å². The number of anilines is 1. The molecule has 17 heavy (non-hydrogen) atoms. The molecular formula is C11H14BrN3O2. The molecule has 92 valence electrons. The first-order valence-electron chi connectivity index (χ1n) is 5.52. The predicted octanol–water partition coefficient (Wildman–Crippen LogP) is 2.28. The maximum atomic E-state index is 11.0. The lowest BCUT2D eigenvalue weighted by molar-refractivity contribution is -0.384. The van der Waals surface area contributed by atoms with E-state index in [0.717, 1.165) is 23.9 Å². The maximum absolute atomic E-state index is 11.0. The normalized spacial score (nSPS) is 20.4.